The molecule has 9 heteroatoms. The van der Waals surface area contributed by atoms with Crippen molar-refractivity contribution in [3.8, 4) is 12.1 Å². The van der Waals surface area contributed by atoms with Crippen molar-refractivity contribution in [2.24, 2.45) is 0 Å². The normalized spacial score (nSPS) is 10.2. The van der Waals surface area contributed by atoms with Gasteiger partial charge in [0.05, 0.1) is 11.3 Å². The minimum atomic E-state index is -4.45. The van der Waals surface area contributed by atoms with Crippen LogP contribution in [0.15, 0.2) is 32.9 Å². The van der Waals surface area contributed by atoms with E-state index in [1.807, 2.05) is 0 Å². The predicted molar refractivity (Wildman–Crippen MR) is 72.9 cm³/mol. The Bertz CT molecular complexity index is 587. The molecule has 0 bridgehead atoms. The summed E-state index contributed by atoms with van der Waals surface area (Å²) in [6.07, 6.45) is -3.36. The highest BCUT2D eigenvalue weighted by atomic mass is 79.9. The van der Waals surface area contributed by atoms with E-state index in [2.05, 4.69) is 42.7 Å². The molecule has 0 radical (unpaired) electrons. The van der Waals surface area contributed by atoms with Crippen LogP contribution in [0.1, 0.15) is 5.56 Å². The number of allylic oxidation sites excluding steroid dienone is 1. The summed E-state index contributed by atoms with van der Waals surface area (Å²) in [7, 11) is 0. The molecule has 0 aliphatic rings. The summed E-state index contributed by atoms with van der Waals surface area (Å²) in [4.78, 5) is 0. The standard InChI is InChI=1S/C11H5Br2F3N4/c12-8-1-7(11(14,15)16)2-9(13)10(8)20-19-5-6(3-17)4-18/h1-2,5,19-20H. The number of anilines is 1. The summed E-state index contributed by atoms with van der Waals surface area (Å²) in [5, 5.41) is 17.0. The van der Waals surface area contributed by atoms with Gasteiger partial charge >= 0.3 is 6.18 Å². The molecule has 20 heavy (non-hydrogen) atoms. The molecule has 1 aromatic rings. The minimum absolute atomic E-state index is 0.163. The first kappa shape index (κ1) is 16.3. The van der Waals surface area contributed by atoms with Gasteiger partial charge in [0, 0.05) is 15.1 Å². The molecular weight excluding hydrogens is 405 g/mol. The van der Waals surface area contributed by atoms with Crippen LogP contribution in [0.4, 0.5) is 18.9 Å². The average Bonchev–Trinajstić information content (AvgIpc) is 2.36. The lowest BCUT2D eigenvalue weighted by molar-refractivity contribution is -0.137. The molecule has 0 heterocycles. The number of alkyl halides is 3. The van der Waals surface area contributed by atoms with Gasteiger partial charge in [-0.2, -0.15) is 23.7 Å². The Kier molecular flexibility index (Phi) is 5.43. The molecular formula is C11H5Br2F3N4. The lowest BCUT2D eigenvalue weighted by Gasteiger charge is -2.14. The first-order chi connectivity index (χ1) is 9.29. The van der Waals surface area contributed by atoms with Crippen LogP contribution in [0.5, 0.6) is 0 Å². The molecule has 1 aromatic carbocycles. The molecule has 0 aliphatic carbocycles. The molecule has 0 unspecified atom stereocenters. The Hall–Kier alpha value is -1.71. The number of nitrogens with one attached hydrogen (secondary N) is 2. The zero-order valence-electron chi connectivity index (χ0n) is 9.52. The van der Waals surface area contributed by atoms with Gasteiger partial charge in [-0.3, -0.25) is 5.43 Å². The van der Waals surface area contributed by atoms with Gasteiger partial charge in [0.15, 0.2) is 0 Å². The zero-order valence-corrected chi connectivity index (χ0v) is 12.7. The molecule has 0 aliphatic heterocycles. The summed E-state index contributed by atoms with van der Waals surface area (Å²) in [6, 6.07) is 5.06. The molecule has 0 saturated carbocycles. The SMILES string of the molecule is N#CC(C#N)=CNNc1c(Br)cc(C(F)(F)F)cc1Br. The Labute approximate surface area is 129 Å². The number of nitrogens with zero attached hydrogens (tertiary/aromatic N) is 2. The molecule has 104 valence electrons. The van der Waals surface area contributed by atoms with E-state index in [1.54, 1.807) is 12.1 Å². The van der Waals surface area contributed by atoms with Gasteiger partial charge in [-0.1, -0.05) is 0 Å². The van der Waals surface area contributed by atoms with E-state index >= 15 is 0 Å². The number of nitriles is 2. The molecule has 0 fully saturated rings. The molecule has 0 spiro atoms. The van der Waals surface area contributed by atoms with Crippen molar-refractivity contribution in [3.63, 3.8) is 0 Å². The van der Waals surface area contributed by atoms with Crippen LogP contribution in [-0.4, -0.2) is 0 Å². The van der Waals surface area contributed by atoms with Gasteiger partial charge in [-0.05, 0) is 44.0 Å². The monoisotopic (exact) mass is 408 g/mol. The van der Waals surface area contributed by atoms with E-state index in [0.717, 1.165) is 18.3 Å². The van der Waals surface area contributed by atoms with E-state index in [0.29, 0.717) is 5.69 Å². The maximum Gasteiger partial charge on any atom is 0.416 e. The fourth-order valence-corrected chi connectivity index (χ4v) is 2.51. The first-order valence-corrected chi connectivity index (χ1v) is 6.46. The van der Waals surface area contributed by atoms with Crippen LogP contribution in [-0.2, 0) is 6.18 Å². The second-order valence-electron chi connectivity index (χ2n) is 3.36. The molecule has 0 atom stereocenters. The summed E-state index contributed by atoms with van der Waals surface area (Å²) >= 11 is 6.02. The van der Waals surface area contributed by atoms with Gasteiger partial charge < -0.3 is 5.43 Å². The van der Waals surface area contributed by atoms with Crippen LogP contribution in [0.3, 0.4) is 0 Å². The average molecular weight is 410 g/mol. The number of hydrazine groups is 1. The van der Waals surface area contributed by atoms with Crippen molar-refractivity contribution in [2.75, 3.05) is 5.43 Å². The molecule has 2 N–H and O–H groups in total. The molecule has 0 saturated heterocycles. The summed E-state index contributed by atoms with van der Waals surface area (Å²) in [6.45, 7) is 0. The quantitative estimate of drug-likeness (QED) is 0.582. The highest BCUT2D eigenvalue weighted by Crippen LogP contribution is 2.38. The Morgan fingerprint density at radius 3 is 2.05 bits per heavy atom. The van der Waals surface area contributed by atoms with Gasteiger partial charge in [-0.15, -0.1) is 0 Å². The number of hydrogen-bond donors (Lipinski definition) is 2. The van der Waals surface area contributed by atoms with Crippen LogP contribution >= 0.6 is 31.9 Å². The fourth-order valence-electron chi connectivity index (χ4n) is 1.13. The van der Waals surface area contributed by atoms with Gasteiger partial charge in [-0.25, -0.2) is 0 Å². The van der Waals surface area contributed by atoms with Crippen molar-refractivity contribution in [2.45, 2.75) is 6.18 Å². The van der Waals surface area contributed by atoms with E-state index in [1.165, 1.54) is 0 Å². The highest BCUT2D eigenvalue weighted by molar-refractivity contribution is 9.11. The van der Waals surface area contributed by atoms with E-state index in [-0.39, 0.29) is 14.5 Å². The van der Waals surface area contributed by atoms with Crippen molar-refractivity contribution in [1.82, 2.24) is 5.43 Å². The molecule has 1 rings (SSSR count). The third-order valence-corrected chi connectivity index (χ3v) is 3.27. The highest BCUT2D eigenvalue weighted by Gasteiger charge is 2.31. The van der Waals surface area contributed by atoms with Gasteiger partial charge in [0.2, 0.25) is 0 Å². The maximum atomic E-state index is 12.6. The zero-order chi connectivity index (χ0) is 15.3. The first-order valence-electron chi connectivity index (χ1n) is 4.87. The van der Waals surface area contributed by atoms with Gasteiger partial charge in [0.25, 0.3) is 0 Å². The van der Waals surface area contributed by atoms with Crippen LogP contribution < -0.4 is 10.9 Å². The minimum Gasteiger partial charge on any atom is -0.306 e. The number of benzene rings is 1. The summed E-state index contributed by atoms with van der Waals surface area (Å²) in [5.74, 6) is 0. The van der Waals surface area contributed by atoms with E-state index < -0.39 is 11.7 Å². The van der Waals surface area contributed by atoms with Crippen LogP contribution in [0.25, 0.3) is 0 Å². The maximum absolute atomic E-state index is 12.6. The second kappa shape index (κ2) is 6.64. The Balaban J connectivity index is 2.97. The topological polar surface area (TPSA) is 71.6 Å². The van der Waals surface area contributed by atoms with E-state index in [9.17, 15) is 13.2 Å². The lowest BCUT2D eigenvalue weighted by atomic mass is 10.2. The van der Waals surface area contributed by atoms with Crippen LogP contribution in [0, 0.1) is 22.7 Å². The molecule has 0 aromatic heterocycles. The summed E-state index contributed by atoms with van der Waals surface area (Å²) < 4.78 is 38.0. The third-order valence-electron chi connectivity index (χ3n) is 2.02. The number of rotatable bonds is 3. The second-order valence-corrected chi connectivity index (χ2v) is 5.07. The lowest BCUT2D eigenvalue weighted by Crippen LogP contribution is -2.16. The van der Waals surface area contributed by atoms with Crippen LogP contribution in [0.2, 0.25) is 0 Å². The third kappa shape index (κ3) is 4.15. The smallest absolute Gasteiger partial charge is 0.306 e. The van der Waals surface area contributed by atoms with Crippen molar-refractivity contribution < 1.29 is 13.2 Å². The summed E-state index contributed by atoms with van der Waals surface area (Å²) in [5.41, 5.74) is 4.31. The Morgan fingerprint density at radius 1 is 1.15 bits per heavy atom. The molecule has 0 amide bonds. The van der Waals surface area contributed by atoms with Crippen molar-refractivity contribution in [3.05, 3.63) is 38.4 Å². The number of halogens is 5. The van der Waals surface area contributed by atoms with Crippen molar-refractivity contribution in [1.29, 1.82) is 10.5 Å². The largest absolute Gasteiger partial charge is 0.416 e. The van der Waals surface area contributed by atoms with E-state index in [4.69, 9.17) is 10.5 Å². The fraction of sp³-hybridized carbons (Fsp3) is 0.0909. The number of hydrogen-bond acceptors (Lipinski definition) is 4. The van der Waals surface area contributed by atoms with Crippen molar-refractivity contribution >= 4 is 37.5 Å². The Morgan fingerprint density at radius 2 is 1.65 bits per heavy atom. The van der Waals surface area contributed by atoms with Gasteiger partial charge in [0.1, 0.15) is 17.7 Å². The predicted octanol–water partition coefficient (Wildman–Crippen LogP) is 4.08. The molecule has 4 nitrogen and oxygen atoms in total.